The first-order valence-corrected chi connectivity index (χ1v) is 12.0. The molecular weight excluding hydrogens is 486 g/mol. The maximum atomic E-state index is 10.9. The van der Waals surface area contributed by atoms with Gasteiger partial charge in [-0.05, 0) is 42.0 Å². The zero-order valence-electron chi connectivity index (χ0n) is 20.6. The van der Waals surface area contributed by atoms with Gasteiger partial charge in [0.2, 0.25) is 0 Å². The lowest BCUT2D eigenvalue weighted by Gasteiger charge is -2.37. The average Bonchev–Trinajstić information content (AvgIpc) is 3.36. The van der Waals surface area contributed by atoms with Gasteiger partial charge in [-0.3, -0.25) is 9.78 Å². The second-order valence-electron chi connectivity index (χ2n) is 8.81. The Morgan fingerprint density at radius 2 is 1.95 bits per heavy atom. The fourth-order valence-corrected chi connectivity index (χ4v) is 4.47. The summed E-state index contributed by atoms with van der Waals surface area (Å²) in [6.07, 6.45) is 6.27. The van der Waals surface area contributed by atoms with Gasteiger partial charge in [-0.1, -0.05) is 42.5 Å². The lowest BCUT2D eigenvalue weighted by atomic mass is 9.86. The van der Waals surface area contributed by atoms with Crippen LogP contribution in [0.2, 0.25) is 0 Å². The number of ether oxygens (including phenoxy) is 3. The van der Waals surface area contributed by atoms with Crippen LogP contribution >= 0.6 is 0 Å². The van der Waals surface area contributed by atoms with E-state index in [1.807, 2.05) is 72.8 Å². The van der Waals surface area contributed by atoms with Crippen molar-refractivity contribution in [2.45, 2.75) is 30.8 Å². The number of para-hydroxylation sites is 1. The molecule has 4 aromatic rings. The smallest absolute Gasteiger partial charge is 0.305 e. The highest BCUT2D eigenvalue weighted by molar-refractivity contribution is 5.78. The Morgan fingerprint density at radius 3 is 2.71 bits per heavy atom. The predicted molar refractivity (Wildman–Crippen MR) is 138 cm³/mol. The SMILES string of the molecule is COC(c1ccc2nc(C#N)oc2c1)C1(OCc2ccc3ccccc3n2)C=CC(OCCC(=O)O)C=C1. The third-order valence-electron chi connectivity index (χ3n) is 6.30. The highest BCUT2D eigenvalue weighted by atomic mass is 16.5. The van der Waals surface area contributed by atoms with Crippen molar-refractivity contribution in [2.75, 3.05) is 13.7 Å². The van der Waals surface area contributed by atoms with Gasteiger partial charge in [0.25, 0.3) is 0 Å². The standard InChI is InChI=1S/C29H25N3O6/c1-35-28(20-7-9-24-25(16-20)38-26(17-30)32-24)29(13-10-22(11-14-29)36-15-12-27(33)34)37-18-21-8-6-19-4-2-3-5-23(19)31-21/h2-11,13-14,16,22,28H,12,15,18H2,1H3,(H,33,34). The second kappa shape index (κ2) is 10.9. The van der Waals surface area contributed by atoms with Crippen LogP contribution in [0, 0.1) is 11.3 Å². The van der Waals surface area contributed by atoms with Crippen LogP contribution in [0.4, 0.5) is 0 Å². The van der Waals surface area contributed by atoms with E-state index in [0.29, 0.717) is 11.1 Å². The monoisotopic (exact) mass is 511 g/mol. The summed E-state index contributed by atoms with van der Waals surface area (Å²) in [7, 11) is 1.59. The Hall–Kier alpha value is -4.36. The second-order valence-corrected chi connectivity index (χ2v) is 8.81. The van der Waals surface area contributed by atoms with Gasteiger partial charge >= 0.3 is 11.9 Å². The first-order chi connectivity index (χ1) is 18.5. The number of rotatable bonds is 10. The van der Waals surface area contributed by atoms with Crippen LogP contribution in [0.3, 0.4) is 0 Å². The number of carbonyl (C=O) groups is 1. The fraction of sp³-hybridized carbons (Fsp3) is 0.241. The molecule has 1 N–H and O–H groups in total. The zero-order chi connectivity index (χ0) is 26.5. The number of nitrogens with zero attached hydrogens (tertiary/aromatic N) is 3. The van der Waals surface area contributed by atoms with Crippen LogP contribution in [0.25, 0.3) is 22.0 Å². The molecule has 0 amide bonds. The molecular formula is C29H25N3O6. The minimum Gasteiger partial charge on any atom is -0.481 e. The van der Waals surface area contributed by atoms with Crippen molar-refractivity contribution >= 4 is 28.0 Å². The normalized spacial score (nSPS) is 19.5. The van der Waals surface area contributed by atoms with E-state index < -0.39 is 23.8 Å². The molecule has 1 unspecified atom stereocenters. The van der Waals surface area contributed by atoms with Crippen molar-refractivity contribution in [1.82, 2.24) is 9.97 Å². The van der Waals surface area contributed by atoms with Gasteiger partial charge in [0.15, 0.2) is 11.7 Å². The molecule has 5 rings (SSSR count). The number of aromatic nitrogens is 2. The summed E-state index contributed by atoms with van der Waals surface area (Å²) in [4.78, 5) is 19.7. The summed E-state index contributed by atoms with van der Waals surface area (Å²) < 4.78 is 23.7. The third-order valence-corrected chi connectivity index (χ3v) is 6.30. The van der Waals surface area contributed by atoms with Crippen LogP contribution in [0.5, 0.6) is 0 Å². The molecule has 2 heterocycles. The zero-order valence-corrected chi connectivity index (χ0v) is 20.6. The van der Waals surface area contributed by atoms with Crippen LogP contribution in [-0.4, -0.2) is 46.5 Å². The van der Waals surface area contributed by atoms with E-state index in [1.54, 1.807) is 19.2 Å². The Kier molecular flexibility index (Phi) is 7.29. The molecule has 0 bridgehead atoms. The number of benzene rings is 2. The van der Waals surface area contributed by atoms with Crippen molar-refractivity contribution in [3.05, 3.63) is 96.0 Å². The van der Waals surface area contributed by atoms with Crippen LogP contribution < -0.4 is 0 Å². The Labute approximate surface area is 218 Å². The summed E-state index contributed by atoms with van der Waals surface area (Å²) in [5.41, 5.74) is 2.37. The summed E-state index contributed by atoms with van der Waals surface area (Å²) in [6, 6.07) is 19.1. The molecule has 1 aliphatic carbocycles. The minimum absolute atomic E-state index is 0.0155. The molecule has 0 aliphatic heterocycles. The molecule has 192 valence electrons. The van der Waals surface area contributed by atoms with Gasteiger partial charge in [0.05, 0.1) is 36.9 Å². The highest BCUT2D eigenvalue weighted by Gasteiger charge is 2.39. The number of pyridine rings is 1. The average molecular weight is 512 g/mol. The largest absolute Gasteiger partial charge is 0.481 e. The molecule has 1 atom stereocenters. The lowest BCUT2D eigenvalue weighted by molar-refractivity contribution is -0.138. The van der Waals surface area contributed by atoms with Gasteiger partial charge in [0, 0.05) is 12.5 Å². The Bertz CT molecular complexity index is 1550. The molecule has 0 saturated carbocycles. The van der Waals surface area contributed by atoms with Gasteiger partial charge in [0.1, 0.15) is 17.2 Å². The number of oxazole rings is 1. The summed E-state index contributed by atoms with van der Waals surface area (Å²) >= 11 is 0. The highest BCUT2D eigenvalue weighted by Crippen LogP contribution is 2.39. The quantitative estimate of drug-likeness (QED) is 0.296. The topological polar surface area (TPSA) is 128 Å². The molecule has 2 aromatic heterocycles. The van der Waals surface area contributed by atoms with Crippen molar-refractivity contribution in [2.24, 2.45) is 0 Å². The first-order valence-electron chi connectivity index (χ1n) is 12.0. The maximum Gasteiger partial charge on any atom is 0.305 e. The van der Waals surface area contributed by atoms with Crippen LogP contribution in [0.1, 0.15) is 29.7 Å². The molecule has 2 aromatic carbocycles. The van der Waals surface area contributed by atoms with Crippen molar-refractivity contribution in [3.8, 4) is 6.07 Å². The van der Waals surface area contributed by atoms with E-state index in [0.717, 1.165) is 22.2 Å². The first kappa shape index (κ1) is 25.3. The van der Waals surface area contributed by atoms with Crippen molar-refractivity contribution < 1.29 is 28.5 Å². The number of nitriles is 1. The number of hydrogen-bond donors (Lipinski definition) is 1. The van der Waals surface area contributed by atoms with E-state index >= 15 is 0 Å². The number of carboxylic acids is 1. The number of fused-ring (bicyclic) bond motifs is 2. The summed E-state index contributed by atoms with van der Waals surface area (Å²) in [6.45, 7) is 0.285. The van der Waals surface area contributed by atoms with Gasteiger partial charge in [-0.25, -0.2) is 0 Å². The van der Waals surface area contributed by atoms with Crippen LogP contribution in [-0.2, 0) is 25.6 Å². The maximum absolute atomic E-state index is 10.9. The van der Waals surface area contributed by atoms with E-state index in [4.69, 9.17) is 34.0 Å². The summed E-state index contributed by atoms with van der Waals surface area (Å²) in [5.74, 6) is -0.936. The number of methoxy groups -OCH3 is 1. The van der Waals surface area contributed by atoms with Crippen molar-refractivity contribution in [1.29, 1.82) is 5.26 Å². The number of carboxylic acid groups (broad SMARTS) is 1. The molecule has 38 heavy (non-hydrogen) atoms. The molecule has 9 heteroatoms. The predicted octanol–water partition coefficient (Wildman–Crippen LogP) is 4.88. The summed E-state index contributed by atoms with van der Waals surface area (Å²) in [5, 5.41) is 19.1. The number of hydrogen-bond acceptors (Lipinski definition) is 8. The molecule has 0 radical (unpaired) electrons. The van der Waals surface area contributed by atoms with E-state index in [9.17, 15) is 4.79 Å². The van der Waals surface area contributed by atoms with E-state index in [1.165, 1.54) is 0 Å². The molecule has 0 spiro atoms. The van der Waals surface area contributed by atoms with Gasteiger partial charge in [-0.15, -0.1) is 0 Å². The Morgan fingerprint density at radius 1 is 1.13 bits per heavy atom. The van der Waals surface area contributed by atoms with E-state index in [2.05, 4.69) is 4.98 Å². The molecule has 9 nitrogen and oxygen atoms in total. The third kappa shape index (κ3) is 5.33. The molecule has 1 aliphatic rings. The Balaban J connectivity index is 1.45. The van der Waals surface area contributed by atoms with Gasteiger partial charge < -0.3 is 23.7 Å². The lowest BCUT2D eigenvalue weighted by Crippen LogP contribution is -2.39. The van der Waals surface area contributed by atoms with Gasteiger partial charge in [-0.2, -0.15) is 10.2 Å². The fourth-order valence-electron chi connectivity index (χ4n) is 4.47. The number of aliphatic carboxylic acids is 1. The van der Waals surface area contributed by atoms with Crippen LogP contribution in [0.15, 0.2) is 83.3 Å². The molecule has 0 fully saturated rings. The minimum atomic E-state index is -1.04. The molecule has 0 saturated heterocycles. The van der Waals surface area contributed by atoms with E-state index in [-0.39, 0.29) is 25.5 Å². The van der Waals surface area contributed by atoms with Crippen molar-refractivity contribution in [3.63, 3.8) is 0 Å².